The Labute approximate surface area is 161 Å². The third kappa shape index (κ3) is 5.52. The molecule has 0 aromatic heterocycles. The normalized spacial score (nSPS) is 10.2. The summed E-state index contributed by atoms with van der Waals surface area (Å²) in [6.07, 6.45) is 0. The van der Waals surface area contributed by atoms with Crippen molar-refractivity contribution >= 4 is 23.3 Å². The second-order valence-corrected chi connectivity index (χ2v) is 5.78. The zero-order valence-electron chi connectivity index (χ0n) is 15.6. The first-order valence-corrected chi connectivity index (χ1v) is 8.43. The van der Waals surface area contributed by atoms with Crippen molar-refractivity contribution in [1.82, 2.24) is 5.32 Å². The van der Waals surface area contributed by atoms with Gasteiger partial charge in [-0.15, -0.1) is 0 Å². The third-order valence-electron chi connectivity index (χ3n) is 3.91. The van der Waals surface area contributed by atoms with Gasteiger partial charge in [0.1, 0.15) is 5.69 Å². The highest BCUT2D eigenvalue weighted by Crippen LogP contribution is 2.25. The number of amides is 1. The summed E-state index contributed by atoms with van der Waals surface area (Å²) in [4.78, 5) is 34.5. The lowest BCUT2D eigenvalue weighted by Crippen LogP contribution is -2.23. The fourth-order valence-corrected chi connectivity index (χ4v) is 2.42. The number of carbonyl (C=O) groups excluding carboxylic acids is 2. The van der Waals surface area contributed by atoms with Gasteiger partial charge in [0.15, 0.2) is 0 Å². The fourth-order valence-electron chi connectivity index (χ4n) is 2.42. The van der Waals surface area contributed by atoms with Crippen molar-refractivity contribution in [2.45, 2.75) is 6.54 Å². The topological polar surface area (TPSA) is 120 Å². The lowest BCUT2D eigenvalue weighted by molar-refractivity contribution is -0.384. The van der Waals surface area contributed by atoms with E-state index >= 15 is 0 Å². The van der Waals surface area contributed by atoms with E-state index in [9.17, 15) is 19.7 Å². The number of ether oxygens (including phenoxy) is 2. The predicted octanol–water partition coefficient (Wildman–Crippen LogP) is 2.37. The van der Waals surface area contributed by atoms with Crippen LogP contribution < -0.4 is 10.6 Å². The smallest absolute Gasteiger partial charge is 0.337 e. The monoisotopic (exact) mass is 387 g/mol. The van der Waals surface area contributed by atoms with Crippen molar-refractivity contribution < 1.29 is 24.0 Å². The first-order chi connectivity index (χ1) is 13.5. The number of rotatable bonds is 9. The molecule has 0 bridgehead atoms. The average molecular weight is 387 g/mol. The molecule has 0 aliphatic carbocycles. The number of nitrogens with zero attached hydrogens (tertiary/aromatic N) is 1. The molecule has 28 heavy (non-hydrogen) atoms. The molecule has 148 valence electrons. The van der Waals surface area contributed by atoms with Gasteiger partial charge in [-0.25, -0.2) is 4.79 Å². The van der Waals surface area contributed by atoms with Crippen LogP contribution in [0.2, 0.25) is 0 Å². The maximum atomic E-state index is 12.3. The summed E-state index contributed by atoms with van der Waals surface area (Å²) in [6.45, 7) is 1.01. The van der Waals surface area contributed by atoms with E-state index in [1.165, 1.54) is 32.4 Å². The molecular formula is C19H21N3O6. The molecule has 0 saturated carbocycles. The van der Waals surface area contributed by atoms with Crippen molar-refractivity contribution in [3.8, 4) is 0 Å². The predicted molar refractivity (Wildman–Crippen MR) is 102 cm³/mol. The lowest BCUT2D eigenvalue weighted by Gasteiger charge is -2.09. The molecule has 0 aliphatic heterocycles. The number of benzene rings is 2. The van der Waals surface area contributed by atoms with Crippen molar-refractivity contribution in [2.75, 3.05) is 32.7 Å². The number of nitrogens with one attached hydrogen (secondary N) is 2. The van der Waals surface area contributed by atoms with Gasteiger partial charge in [0.05, 0.1) is 24.2 Å². The van der Waals surface area contributed by atoms with E-state index in [1.807, 2.05) is 0 Å². The average Bonchev–Trinajstić information content (AvgIpc) is 2.72. The molecule has 1 amide bonds. The minimum absolute atomic E-state index is 0.176. The summed E-state index contributed by atoms with van der Waals surface area (Å²) < 4.78 is 9.53. The van der Waals surface area contributed by atoms with Gasteiger partial charge < -0.3 is 20.1 Å². The van der Waals surface area contributed by atoms with E-state index in [0.717, 1.165) is 5.56 Å². The lowest BCUT2D eigenvalue weighted by atomic mass is 10.1. The van der Waals surface area contributed by atoms with Gasteiger partial charge in [-0.3, -0.25) is 14.9 Å². The Bertz CT molecular complexity index is 851. The molecule has 0 unspecified atom stereocenters. The number of methoxy groups -OCH3 is 2. The van der Waals surface area contributed by atoms with Gasteiger partial charge in [0.2, 0.25) is 0 Å². The Balaban J connectivity index is 2.04. The molecule has 0 saturated heterocycles. The highest BCUT2D eigenvalue weighted by atomic mass is 16.6. The van der Waals surface area contributed by atoms with Crippen molar-refractivity contribution in [2.24, 2.45) is 0 Å². The molecule has 2 aromatic carbocycles. The molecule has 9 heteroatoms. The maximum Gasteiger partial charge on any atom is 0.337 e. The van der Waals surface area contributed by atoms with E-state index in [1.54, 1.807) is 24.3 Å². The van der Waals surface area contributed by atoms with Crippen LogP contribution in [0.1, 0.15) is 26.3 Å². The molecule has 0 aliphatic rings. The Morgan fingerprint density at radius 3 is 2.36 bits per heavy atom. The molecular weight excluding hydrogens is 366 g/mol. The molecule has 0 spiro atoms. The molecule has 9 nitrogen and oxygen atoms in total. The van der Waals surface area contributed by atoms with E-state index in [4.69, 9.17) is 4.74 Å². The van der Waals surface area contributed by atoms with Gasteiger partial charge in [0.25, 0.3) is 11.6 Å². The molecule has 2 rings (SSSR count). The molecule has 2 aromatic rings. The Kier molecular flexibility index (Phi) is 7.46. The number of nitro benzene ring substituents is 1. The van der Waals surface area contributed by atoms with Crippen LogP contribution >= 0.6 is 0 Å². The largest absolute Gasteiger partial charge is 0.465 e. The van der Waals surface area contributed by atoms with Crippen LogP contribution in [-0.4, -0.2) is 44.2 Å². The van der Waals surface area contributed by atoms with Crippen molar-refractivity contribution in [3.63, 3.8) is 0 Å². The minimum atomic E-state index is -0.544. The van der Waals surface area contributed by atoms with Gasteiger partial charge in [-0.1, -0.05) is 12.1 Å². The number of esters is 1. The second-order valence-electron chi connectivity index (χ2n) is 5.78. The zero-order valence-corrected chi connectivity index (χ0v) is 15.6. The number of anilines is 1. The van der Waals surface area contributed by atoms with E-state index in [0.29, 0.717) is 24.4 Å². The number of carbonyl (C=O) groups is 2. The summed E-state index contributed by atoms with van der Waals surface area (Å²) in [6, 6.07) is 10.8. The summed E-state index contributed by atoms with van der Waals surface area (Å²) in [5.74, 6) is -0.884. The van der Waals surface area contributed by atoms with Crippen LogP contribution in [0.3, 0.4) is 0 Å². The maximum absolute atomic E-state index is 12.3. The molecule has 0 radical (unpaired) electrons. The molecule has 2 N–H and O–H groups in total. The summed E-state index contributed by atoms with van der Waals surface area (Å²) in [5, 5.41) is 16.9. The van der Waals surface area contributed by atoms with Crippen LogP contribution in [0.25, 0.3) is 0 Å². The third-order valence-corrected chi connectivity index (χ3v) is 3.91. The van der Waals surface area contributed by atoms with Crippen LogP contribution in [0.4, 0.5) is 11.4 Å². The van der Waals surface area contributed by atoms with Gasteiger partial charge >= 0.3 is 5.97 Å². The van der Waals surface area contributed by atoms with Gasteiger partial charge in [-0.2, -0.15) is 0 Å². The Morgan fingerprint density at radius 1 is 1.07 bits per heavy atom. The highest BCUT2D eigenvalue weighted by molar-refractivity contribution is 5.95. The van der Waals surface area contributed by atoms with Crippen LogP contribution in [0.5, 0.6) is 0 Å². The van der Waals surface area contributed by atoms with E-state index in [2.05, 4.69) is 15.4 Å². The molecule has 0 atom stereocenters. The highest BCUT2D eigenvalue weighted by Gasteiger charge is 2.17. The quantitative estimate of drug-likeness (QED) is 0.293. The van der Waals surface area contributed by atoms with Gasteiger partial charge in [0, 0.05) is 31.8 Å². The number of nitro groups is 1. The van der Waals surface area contributed by atoms with Crippen LogP contribution in [-0.2, 0) is 16.0 Å². The minimum Gasteiger partial charge on any atom is -0.465 e. The first-order valence-electron chi connectivity index (χ1n) is 8.43. The SMILES string of the molecule is COCCNc1ccc(C(=O)NCc2ccc(C(=O)OC)cc2)cc1[N+](=O)[O-]. The zero-order chi connectivity index (χ0) is 20.5. The summed E-state index contributed by atoms with van der Waals surface area (Å²) >= 11 is 0. The molecule has 0 heterocycles. The standard InChI is InChI=1S/C19H21N3O6/c1-27-10-9-20-16-8-7-15(11-17(16)22(25)26)18(23)21-12-13-3-5-14(6-4-13)19(24)28-2/h3-8,11,20H,9-10,12H2,1-2H3,(H,21,23). The first kappa shape index (κ1) is 20.8. The van der Waals surface area contributed by atoms with Gasteiger partial charge in [-0.05, 0) is 29.8 Å². The summed E-state index contributed by atoms with van der Waals surface area (Å²) in [5.41, 5.74) is 1.48. The van der Waals surface area contributed by atoms with E-state index in [-0.39, 0.29) is 17.8 Å². The summed E-state index contributed by atoms with van der Waals surface area (Å²) in [7, 11) is 2.83. The van der Waals surface area contributed by atoms with Crippen molar-refractivity contribution in [3.05, 3.63) is 69.3 Å². The van der Waals surface area contributed by atoms with E-state index < -0.39 is 16.8 Å². The Morgan fingerprint density at radius 2 is 1.75 bits per heavy atom. The molecule has 0 fully saturated rings. The fraction of sp³-hybridized carbons (Fsp3) is 0.263. The number of hydrogen-bond donors (Lipinski definition) is 2. The van der Waals surface area contributed by atoms with Crippen LogP contribution in [0.15, 0.2) is 42.5 Å². The van der Waals surface area contributed by atoms with Crippen molar-refractivity contribution in [1.29, 1.82) is 0 Å². The second kappa shape index (κ2) is 10.0. The Hall–Kier alpha value is -3.46. The number of hydrogen-bond acceptors (Lipinski definition) is 7. The van der Waals surface area contributed by atoms with Crippen LogP contribution in [0, 0.1) is 10.1 Å².